The third-order valence-corrected chi connectivity index (χ3v) is 13.4. The van der Waals surface area contributed by atoms with Crippen LogP contribution in [0.4, 0.5) is 0 Å². The van der Waals surface area contributed by atoms with Crippen molar-refractivity contribution in [2.24, 2.45) is 17.8 Å². The Morgan fingerprint density at radius 3 is 0.662 bits per heavy atom. The topological polar surface area (TPSA) is 78.9 Å². The molecule has 1 atom stereocenters. The number of esters is 3. The number of rotatable bonds is 52. The van der Waals surface area contributed by atoms with Crippen LogP contribution in [0.15, 0.2) is 0 Å². The van der Waals surface area contributed by atoms with Crippen molar-refractivity contribution in [2.45, 2.75) is 330 Å². The summed E-state index contributed by atoms with van der Waals surface area (Å²) in [6.07, 6.45) is 52.4. The van der Waals surface area contributed by atoms with Gasteiger partial charge in [0.2, 0.25) is 0 Å². The van der Waals surface area contributed by atoms with Crippen LogP contribution in [0.3, 0.4) is 0 Å². The summed E-state index contributed by atoms with van der Waals surface area (Å²) in [5.74, 6) is 1.66. The minimum atomic E-state index is -0.764. The fourth-order valence-corrected chi connectivity index (χ4v) is 9.00. The predicted octanol–water partition coefficient (Wildman–Crippen LogP) is 19.1. The highest BCUT2D eigenvalue weighted by Crippen LogP contribution is 2.18. The molecule has 0 aliphatic rings. The van der Waals surface area contributed by atoms with E-state index in [9.17, 15) is 14.4 Å². The van der Waals surface area contributed by atoms with Gasteiger partial charge in [-0.1, -0.05) is 286 Å². The van der Waals surface area contributed by atoms with E-state index in [4.69, 9.17) is 14.2 Å². The maximum Gasteiger partial charge on any atom is 0.306 e. The van der Waals surface area contributed by atoms with Gasteiger partial charge in [-0.15, -0.1) is 0 Å². The predicted molar refractivity (Wildman–Crippen MR) is 279 cm³/mol. The molecule has 0 spiro atoms. The molecular weight excluding hydrogens is 805 g/mol. The van der Waals surface area contributed by atoms with Gasteiger partial charge in [0.25, 0.3) is 0 Å². The monoisotopic (exact) mass is 919 g/mol. The van der Waals surface area contributed by atoms with Crippen LogP contribution in [0.1, 0.15) is 324 Å². The summed E-state index contributed by atoms with van der Waals surface area (Å²) in [5.41, 5.74) is 0. The van der Waals surface area contributed by atoms with E-state index in [1.165, 1.54) is 205 Å². The van der Waals surface area contributed by atoms with Crippen molar-refractivity contribution in [3.8, 4) is 0 Å². The van der Waals surface area contributed by atoms with Gasteiger partial charge in [0, 0.05) is 19.3 Å². The van der Waals surface area contributed by atoms with Crippen LogP contribution in [0, 0.1) is 17.8 Å². The molecule has 0 bridgehead atoms. The van der Waals surface area contributed by atoms with Crippen LogP contribution in [-0.2, 0) is 28.6 Å². The summed E-state index contributed by atoms with van der Waals surface area (Å²) < 4.78 is 16.9. The Morgan fingerprint density at radius 2 is 0.446 bits per heavy atom. The maximum atomic E-state index is 12.8. The second-order valence-corrected chi connectivity index (χ2v) is 21.7. The first-order valence-electron chi connectivity index (χ1n) is 29.1. The van der Waals surface area contributed by atoms with Crippen LogP contribution in [0.5, 0.6) is 0 Å². The summed E-state index contributed by atoms with van der Waals surface area (Å²) in [6, 6.07) is 0. The Bertz CT molecular complexity index is 1010. The van der Waals surface area contributed by atoms with E-state index in [-0.39, 0.29) is 31.1 Å². The lowest BCUT2D eigenvalue weighted by Gasteiger charge is -2.18. The smallest absolute Gasteiger partial charge is 0.306 e. The molecule has 0 saturated carbocycles. The van der Waals surface area contributed by atoms with Gasteiger partial charge < -0.3 is 14.2 Å². The van der Waals surface area contributed by atoms with Gasteiger partial charge in [0.1, 0.15) is 13.2 Å². The summed E-state index contributed by atoms with van der Waals surface area (Å²) in [6.45, 7) is 13.8. The van der Waals surface area contributed by atoms with Gasteiger partial charge in [-0.05, 0) is 37.0 Å². The molecule has 386 valence electrons. The van der Waals surface area contributed by atoms with E-state index < -0.39 is 6.10 Å². The van der Waals surface area contributed by atoms with E-state index in [2.05, 4.69) is 41.5 Å². The Labute approximate surface area is 406 Å². The first kappa shape index (κ1) is 63.4. The van der Waals surface area contributed by atoms with E-state index in [0.717, 1.165) is 75.5 Å². The SMILES string of the molecule is CC(C)CCCCCCCCCCCCCCCCCC(=O)OC[C@H](COC(=O)CCCCCCCCCCCCCCCC(C)C)OC(=O)CCCCCCCCCCCCC(C)C. The average molecular weight is 920 g/mol. The van der Waals surface area contributed by atoms with Gasteiger partial charge in [0.15, 0.2) is 6.10 Å². The van der Waals surface area contributed by atoms with Gasteiger partial charge in [-0.25, -0.2) is 0 Å². The Balaban J connectivity index is 4.28. The maximum absolute atomic E-state index is 12.8. The second kappa shape index (κ2) is 50.3. The molecule has 6 nitrogen and oxygen atoms in total. The molecule has 0 aliphatic carbocycles. The first-order chi connectivity index (χ1) is 31.6. The molecule has 0 aromatic carbocycles. The minimum Gasteiger partial charge on any atom is -0.462 e. The van der Waals surface area contributed by atoms with E-state index >= 15 is 0 Å². The molecule has 0 N–H and O–H groups in total. The Kier molecular flexibility index (Phi) is 49.1. The molecule has 0 unspecified atom stereocenters. The van der Waals surface area contributed by atoms with Crippen molar-refractivity contribution >= 4 is 17.9 Å². The molecule has 0 aliphatic heterocycles. The lowest BCUT2D eigenvalue weighted by Crippen LogP contribution is -2.30. The molecular formula is C59H114O6. The molecule has 0 saturated heterocycles. The highest BCUT2D eigenvalue weighted by molar-refractivity contribution is 5.71. The van der Waals surface area contributed by atoms with Crippen molar-refractivity contribution in [3.05, 3.63) is 0 Å². The summed E-state index contributed by atoms with van der Waals surface area (Å²) >= 11 is 0. The lowest BCUT2D eigenvalue weighted by molar-refractivity contribution is -0.167. The van der Waals surface area contributed by atoms with Gasteiger partial charge in [-0.3, -0.25) is 14.4 Å². The fourth-order valence-electron chi connectivity index (χ4n) is 9.00. The van der Waals surface area contributed by atoms with Gasteiger partial charge >= 0.3 is 17.9 Å². The lowest BCUT2D eigenvalue weighted by atomic mass is 10.0. The largest absolute Gasteiger partial charge is 0.462 e. The van der Waals surface area contributed by atoms with Crippen molar-refractivity contribution in [2.75, 3.05) is 13.2 Å². The van der Waals surface area contributed by atoms with Crippen LogP contribution < -0.4 is 0 Å². The van der Waals surface area contributed by atoms with Crippen molar-refractivity contribution in [3.63, 3.8) is 0 Å². The Hall–Kier alpha value is -1.59. The van der Waals surface area contributed by atoms with Crippen molar-refractivity contribution < 1.29 is 28.6 Å². The zero-order valence-corrected chi connectivity index (χ0v) is 44.8. The fraction of sp³-hybridized carbons (Fsp3) is 0.949. The molecule has 0 fully saturated rings. The Morgan fingerprint density at radius 1 is 0.262 bits per heavy atom. The first-order valence-corrected chi connectivity index (χ1v) is 29.1. The number of hydrogen-bond acceptors (Lipinski definition) is 6. The third-order valence-electron chi connectivity index (χ3n) is 13.4. The molecule has 65 heavy (non-hydrogen) atoms. The number of carbonyl (C=O) groups is 3. The number of unbranched alkanes of at least 4 members (excludes halogenated alkanes) is 35. The molecule has 0 heterocycles. The van der Waals surface area contributed by atoms with Crippen molar-refractivity contribution in [1.29, 1.82) is 0 Å². The van der Waals surface area contributed by atoms with Crippen LogP contribution in [0.2, 0.25) is 0 Å². The van der Waals surface area contributed by atoms with Crippen LogP contribution in [-0.4, -0.2) is 37.2 Å². The van der Waals surface area contributed by atoms with E-state index in [1.54, 1.807) is 0 Å². The minimum absolute atomic E-state index is 0.0636. The zero-order chi connectivity index (χ0) is 47.7. The van der Waals surface area contributed by atoms with Gasteiger partial charge in [0.05, 0.1) is 0 Å². The summed E-state index contributed by atoms with van der Waals surface area (Å²) in [4.78, 5) is 38.1. The molecule has 0 radical (unpaired) electrons. The van der Waals surface area contributed by atoms with Crippen molar-refractivity contribution in [1.82, 2.24) is 0 Å². The molecule has 6 heteroatoms. The average Bonchev–Trinajstić information content (AvgIpc) is 3.26. The highest BCUT2D eigenvalue weighted by atomic mass is 16.6. The summed E-state index contributed by atoms with van der Waals surface area (Å²) in [7, 11) is 0. The zero-order valence-electron chi connectivity index (χ0n) is 44.8. The molecule has 0 rings (SSSR count). The number of hydrogen-bond donors (Lipinski definition) is 0. The third kappa shape index (κ3) is 53.2. The van der Waals surface area contributed by atoms with Crippen LogP contribution >= 0.6 is 0 Å². The highest BCUT2D eigenvalue weighted by Gasteiger charge is 2.19. The normalized spacial score (nSPS) is 12.1. The van der Waals surface area contributed by atoms with Gasteiger partial charge in [-0.2, -0.15) is 0 Å². The van der Waals surface area contributed by atoms with E-state index in [0.29, 0.717) is 19.3 Å². The number of carbonyl (C=O) groups excluding carboxylic acids is 3. The molecule has 0 aromatic rings. The standard InChI is InChI=1S/C59H114O6/c1-53(2)45-39-33-27-21-15-11-8-7-9-13-17-24-30-36-42-48-57(60)63-51-56(65-59(62)50-44-38-32-26-20-19-23-29-35-41-47-55(5)6)52-64-58(61)49-43-37-31-25-18-14-10-12-16-22-28-34-40-46-54(3)4/h53-56H,7-52H2,1-6H3/t56-/m1/s1. The van der Waals surface area contributed by atoms with Crippen LogP contribution in [0.25, 0.3) is 0 Å². The quantitative estimate of drug-likeness (QED) is 0.0344. The molecule has 0 amide bonds. The van der Waals surface area contributed by atoms with E-state index in [1.807, 2.05) is 0 Å². The second-order valence-electron chi connectivity index (χ2n) is 21.7. The molecule has 0 aromatic heterocycles. The summed E-state index contributed by atoms with van der Waals surface area (Å²) in [5, 5.41) is 0. The number of ether oxygens (including phenoxy) is 3.